The van der Waals surface area contributed by atoms with E-state index in [1.807, 2.05) is 12.1 Å². The van der Waals surface area contributed by atoms with E-state index in [1.54, 1.807) is 12.1 Å². The van der Waals surface area contributed by atoms with E-state index in [-0.39, 0.29) is 28.1 Å². The summed E-state index contributed by atoms with van der Waals surface area (Å²) < 4.78 is 45.0. The lowest BCUT2D eigenvalue weighted by Crippen LogP contribution is -2.18. The number of fused-ring (bicyclic) bond motifs is 1. The molecule has 1 N–H and O–H groups in total. The van der Waals surface area contributed by atoms with Crippen LogP contribution in [0.2, 0.25) is 5.02 Å². The Kier molecular flexibility index (Phi) is 5.14. The molecule has 172 valence electrons. The number of halogens is 4. The standard InChI is InChI=1S/C24H16ClF3N4O2/c25-16-5-1-14(2-6-16)11-23(9-10-23)20-18(12-29)21-30-13-19(22(33)32(21)31-20)34-17-7-3-15(4-8-17)24(26,27)28/h1-8,13,31H,9-11H2. The number of nitrogens with one attached hydrogen (secondary N) is 1. The predicted octanol–water partition coefficient (Wildman–Crippen LogP) is 5.63. The van der Waals surface area contributed by atoms with Crippen molar-refractivity contribution in [1.29, 1.82) is 5.26 Å². The lowest BCUT2D eigenvalue weighted by Gasteiger charge is -2.14. The van der Waals surface area contributed by atoms with Crippen LogP contribution in [-0.2, 0) is 18.0 Å². The highest BCUT2D eigenvalue weighted by atomic mass is 35.5. The van der Waals surface area contributed by atoms with E-state index in [0.717, 1.165) is 47.2 Å². The number of aromatic amines is 1. The van der Waals surface area contributed by atoms with Crippen LogP contribution >= 0.6 is 11.6 Å². The van der Waals surface area contributed by atoms with Gasteiger partial charge >= 0.3 is 11.7 Å². The lowest BCUT2D eigenvalue weighted by molar-refractivity contribution is -0.137. The molecule has 1 fully saturated rings. The quantitative estimate of drug-likeness (QED) is 0.398. The Morgan fingerprint density at radius 3 is 2.41 bits per heavy atom. The third-order valence-electron chi connectivity index (χ3n) is 5.99. The Morgan fingerprint density at radius 1 is 1.15 bits per heavy atom. The van der Waals surface area contributed by atoms with Crippen molar-refractivity contribution < 1.29 is 17.9 Å². The van der Waals surface area contributed by atoms with Crippen LogP contribution in [0.1, 0.15) is 35.2 Å². The van der Waals surface area contributed by atoms with E-state index in [2.05, 4.69) is 16.2 Å². The highest BCUT2D eigenvalue weighted by Crippen LogP contribution is 2.51. The first-order chi connectivity index (χ1) is 16.2. The van der Waals surface area contributed by atoms with Gasteiger partial charge in [-0.05, 0) is 61.2 Å². The minimum atomic E-state index is -4.47. The van der Waals surface area contributed by atoms with Gasteiger partial charge in [0.1, 0.15) is 17.4 Å². The van der Waals surface area contributed by atoms with Crippen LogP contribution in [0, 0.1) is 11.3 Å². The molecule has 0 radical (unpaired) electrons. The normalized spacial score (nSPS) is 14.7. The Hall–Kier alpha value is -3.77. The van der Waals surface area contributed by atoms with E-state index in [4.69, 9.17) is 16.3 Å². The maximum absolute atomic E-state index is 13.0. The molecular formula is C24H16ClF3N4O2. The first kappa shape index (κ1) is 22.0. The summed E-state index contributed by atoms with van der Waals surface area (Å²) in [4.78, 5) is 17.3. The van der Waals surface area contributed by atoms with Crippen LogP contribution in [0.5, 0.6) is 11.5 Å². The van der Waals surface area contributed by atoms with Crippen molar-refractivity contribution >= 4 is 17.2 Å². The molecule has 0 unspecified atom stereocenters. The monoisotopic (exact) mass is 484 g/mol. The number of aromatic nitrogens is 3. The number of hydrogen-bond acceptors (Lipinski definition) is 4. The van der Waals surface area contributed by atoms with Gasteiger partial charge in [-0.1, -0.05) is 23.7 Å². The largest absolute Gasteiger partial charge is 0.450 e. The Morgan fingerprint density at radius 2 is 1.82 bits per heavy atom. The molecular weight excluding hydrogens is 469 g/mol. The third-order valence-corrected chi connectivity index (χ3v) is 6.24. The van der Waals surface area contributed by atoms with Gasteiger partial charge in [-0.15, -0.1) is 0 Å². The van der Waals surface area contributed by atoms with Crippen molar-refractivity contribution in [3.05, 3.63) is 92.5 Å². The average molecular weight is 485 g/mol. The fourth-order valence-corrected chi connectivity index (χ4v) is 4.18. The van der Waals surface area contributed by atoms with Gasteiger partial charge in [-0.25, -0.2) is 4.98 Å². The van der Waals surface area contributed by atoms with Crippen LogP contribution < -0.4 is 10.3 Å². The summed E-state index contributed by atoms with van der Waals surface area (Å²) in [6, 6.07) is 13.6. The second kappa shape index (κ2) is 7.92. The van der Waals surface area contributed by atoms with Crippen LogP contribution in [-0.4, -0.2) is 14.6 Å². The molecule has 1 aliphatic carbocycles. The molecule has 4 aromatic rings. The van der Waals surface area contributed by atoms with Crippen molar-refractivity contribution in [2.75, 3.05) is 0 Å². The zero-order valence-electron chi connectivity index (χ0n) is 17.5. The summed E-state index contributed by atoms with van der Waals surface area (Å²) >= 11 is 5.98. The number of rotatable bonds is 5. The molecule has 0 spiro atoms. The smallest absolute Gasteiger partial charge is 0.416 e. The van der Waals surface area contributed by atoms with E-state index in [9.17, 15) is 23.2 Å². The molecule has 0 bridgehead atoms. The summed E-state index contributed by atoms with van der Waals surface area (Å²) in [6.07, 6.45) is -0.971. The SMILES string of the molecule is N#Cc1c(C2(Cc3ccc(Cl)cc3)CC2)[nH]n2c(=O)c(Oc3ccc(C(F)(F)F)cc3)cnc12. The van der Waals surface area contributed by atoms with Gasteiger partial charge in [0.05, 0.1) is 17.5 Å². The number of benzene rings is 2. The maximum atomic E-state index is 13.0. The van der Waals surface area contributed by atoms with Gasteiger partial charge in [0.15, 0.2) is 5.65 Å². The van der Waals surface area contributed by atoms with Crippen molar-refractivity contribution in [1.82, 2.24) is 14.6 Å². The molecule has 2 aromatic carbocycles. The van der Waals surface area contributed by atoms with Crippen LogP contribution in [0.25, 0.3) is 5.65 Å². The summed E-state index contributed by atoms with van der Waals surface area (Å²) in [7, 11) is 0. The van der Waals surface area contributed by atoms with Crippen LogP contribution in [0.15, 0.2) is 59.5 Å². The van der Waals surface area contributed by atoms with E-state index < -0.39 is 17.3 Å². The zero-order valence-corrected chi connectivity index (χ0v) is 18.2. The summed E-state index contributed by atoms with van der Waals surface area (Å²) in [5, 5.41) is 13.5. The second-order valence-electron chi connectivity index (χ2n) is 8.27. The molecule has 0 aliphatic heterocycles. The highest BCUT2D eigenvalue weighted by Gasteiger charge is 2.48. The van der Waals surface area contributed by atoms with E-state index in [0.29, 0.717) is 17.1 Å². The minimum absolute atomic E-state index is 0.0561. The summed E-state index contributed by atoms with van der Waals surface area (Å²) in [5.41, 5.74) is 0.378. The van der Waals surface area contributed by atoms with Crippen molar-refractivity contribution in [3.63, 3.8) is 0 Å². The molecule has 34 heavy (non-hydrogen) atoms. The molecule has 0 atom stereocenters. The van der Waals surface area contributed by atoms with Gasteiger partial charge < -0.3 is 4.74 Å². The van der Waals surface area contributed by atoms with E-state index in [1.165, 1.54) is 6.20 Å². The van der Waals surface area contributed by atoms with Crippen molar-refractivity contribution in [2.45, 2.75) is 30.9 Å². The minimum Gasteiger partial charge on any atom is -0.450 e. The lowest BCUT2D eigenvalue weighted by atomic mass is 9.91. The average Bonchev–Trinajstić information content (AvgIpc) is 3.48. The number of hydrogen-bond donors (Lipinski definition) is 1. The van der Waals surface area contributed by atoms with Crippen LogP contribution in [0.4, 0.5) is 13.2 Å². The maximum Gasteiger partial charge on any atom is 0.416 e. The molecule has 1 saturated carbocycles. The fraction of sp³-hybridized carbons (Fsp3) is 0.208. The zero-order chi connectivity index (χ0) is 24.1. The van der Waals surface area contributed by atoms with Gasteiger partial charge in [0.2, 0.25) is 5.75 Å². The summed E-state index contributed by atoms with van der Waals surface area (Å²) in [5.74, 6) is -0.127. The van der Waals surface area contributed by atoms with Crippen LogP contribution in [0.3, 0.4) is 0 Å². The molecule has 6 nitrogen and oxygen atoms in total. The highest BCUT2D eigenvalue weighted by molar-refractivity contribution is 6.30. The number of ether oxygens (including phenoxy) is 1. The van der Waals surface area contributed by atoms with Crippen molar-refractivity contribution in [3.8, 4) is 17.6 Å². The van der Waals surface area contributed by atoms with Gasteiger partial charge in [0.25, 0.3) is 0 Å². The number of alkyl halides is 3. The number of nitrogens with zero attached hydrogens (tertiary/aromatic N) is 3. The molecule has 0 saturated heterocycles. The number of nitriles is 1. The molecule has 2 heterocycles. The number of H-pyrrole nitrogens is 1. The van der Waals surface area contributed by atoms with Gasteiger partial charge in [-0.2, -0.15) is 22.9 Å². The molecule has 5 rings (SSSR count). The Bertz CT molecular complexity index is 1480. The third kappa shape index (κ3) is 3.90. The van der Waals surface area contributed by atoms with Gasteiger partial charge in [-0.3, -0.25) is 9.89 Å². The molecule has 10 heteroatoms. The predicted molar refractivity (Wildman–Crippen MR) is 118 cm³/mol. The first-order valence-electron chi connectivity index (χ1n) is 10.3. The second-order valence-corrected chi connectivity index (χ2v) is 8.70. The van der Waals surface area contributed by atoms with E-state index >= 15 is 0 Å². The van der Waals surface area contributed by atoms with Crippen molar-refractivity contribution in [2.24, 2.45) is 0 Å². The molecule has 0 amide bonds. The Balaban J connectivity index is 1.49. The first-order valence-corrected chi connectivity index (χ1v) is 10.7. The summed E-state index contributed by atoms with van der Waals surface area (Å²) in [6.45, 7) is 0. The van der Waals surface area contributed by atoms with Gasteiger partial charge in [0, 0.05) is 10.4 Å². The topological polar surface area (TPSA) is 83.2 Å². The Labute approximate surface area is 196 Å². The molecule has 2 aromatic heterocycles. The fourth-order valence-electron chi connectivity index (χ4n) is 4.06. The molecule has 1 aliphatic rings.